The summed E-state index contributed by atoms with van der Waals surface area (Å²) >= 11 is 0. The summed E-state index contributed by atoms with van der Waals surface area (Å²) in [6.45, 7) is 9.66. The van der Waals surface area contributed by atoms with Crippen LogP contribution in [0.3, 0.4) is 0 Å². The highest BCUT2D eigenvalue weighted by molar-refractivity contribution is 5.26. The summed E-state index contributed by atoms with van der Waals surface area (Å²) in [7, 11) is 0. The van der Waals surface area contributed by atoms with Gasteiger partial charge in [-0.05, 0) is 99.7 Å². The standard InChI is InChI=1S/C45H72O18/c1-18-30-27(63-45(18)29(48)12-21(15-46)17-56-45)14-26-24-7-6-22-13-23(8-10-43(22,4)25(24)9-11-44(26,30)5)59-42-39(62-41-36(54)34(52)32(50)20(3)58-41)37(55)38(28(16-47)60-42)61-40-35(53)33(51)31(49)19(2)57-40/h6,18-21,23-42,46-55H,7-17H2,1-5H3/t18-,19-,20-,21-,23-,24+,25-,26-,27-,28+,29-,30-,31-,32-,33+,34+,35+,36+,37-,38+,39+,40-,41-,42+,43-,44-,45-/m0/s1. The first-order valence-electron chi connectivity index (χ1n) is 23.5. The zero-order chi connectivity index (χ0) is 45.1. The van der Waals surface area contributed by atoms with E-state index in [1.165, 1.54) is 19.4 Å². The van der Waals surface area contributed by atoms with E-state index in [0.29, 0.717) is 43.6 Å². The van der Waals surface area contributed by atoms with Crippen molar-refractivity contribution in [3.05, 3.63) is 11.6 Å². The van der Waals surface area contributed by atoms with Gasteiger partial charge >= 0.3 is 0 Å². The molecule has 3 saturated carbocycles. The van der Waals surface area contributed by atoms with E-state index in [4.69, 9.17) is 37.9 Å². The Bertz CT molecular complexity index is 1660. The molecule has 5 aliphatic heterocycles. The quantitative estimate of drug-likeness (QED) is 0.133. The number of ether oxygens (including phenoxy) is 8. The smallest absolute Gasteiger partial charge is 0.197 e. The van der Waals surface area contributed by atoms with Crippen molar-refractivity contribution in [3.63, 3.8) is 0 Å². The number of aliphatic hydroxyl groups excluding tert-OH is 10. The van der Waals surface area contributed by atoms with Gasteiger partial charge in [0.15, 0.2) is 24.7 Å². The summed E-state index contributed by atoms with van der Waals surface area (Å²) in [6.07, 6.45) is -14.1. The topological polar surface area (TPSA) is 276 Å². The van der Waals surface area contributed by atoms with Crippen molar-refractivity contribution in [2.45, 2.75) is 202 Å². The average molecular weight is 901 g/mol. The van der Waals surface area contributed by atoms with E-state index in [1.807, 2.05) is 0 Å². The molecule has 18 heteroatoms. The molecule has 5 heterocycles. The lowest BCUT2D eigenvalue weighted by Gasteiger charge is -2.59. The van der Waals surface area contributed by atoms with Crippen LogP contribution in [0.4, 0.5) is 0 Å². The molecule has 63 heavy (non-hydrogen) atoms. The van der Waals surface area contributed by atoms with Crippen LogP contribution in [0.1, 0.15) is 86.0 Å². The van der Waals surface area contributed by atoms with Crippen molar-refractivity contribution in [3.8, 4) is 0 Å². The van der Waals surface area contributed by atoms with Gasteiger partial charge in [0, 0.05) is 18.4 Å². The molecule has 18 nitrogen and oxygen atoms in total. The highest BCUT2D eigenvalue weighted by Gasteiger charge is 2.70. The molecule has 0 aromatic heterocycles. The minimum Gasteiger partial charge on any atom is -0.396 e. The molecule has 1 spiro atoms. The van der Waals surface area contributed by atoms with Crippen LogP contribution in [0.2, 0.25) is 0 Å². The van der Waals surface area contributed by atoms with Crippen molar-refractivity contribution < 1.29 is 89.0 Å². The van der Waals surface area contributed by atoms with Crippen LogP contribution in [-0.4, -0.2) is 187 Å². The Morgan fingerprint density at radius 1 is 0.683 bits per heavy atom. The molecule has 9 rings (SSSR count). The van der Waals surface area contributed by atoms with Gasteiger partial charge in [-0.3, -0.25) is 0 Å². The number of aliphatic hydroxyl groups is 10. The predicted molar refractivity (Wildman–Crippen MR) is 216 cm³/mol. The molecule has 27 atom stereocenters. The lowest BCUT2D eigenvalue weighted by molar-refractivity contribution is -0.388. The van der Waals surface area contributed by atoms with Crippen LogP contribution in [0, 0.1) is 46.3 Å². The van der Waals surface area contributed by atoms with E-state index in [-0.39, 0.29) is 41.3 Å². The van der Waals surface area contributed by atoms with Gasteiger partial charge in [0.1, 0.15) is 67.1 Å². The van der Waals surface area contributed by atoms with Crippen LogP contribution in [-0.2, 0) is 37.9 Å². The number of allylic oxidation sites excluding steroid dienone is 1. The number of hydrogen-bond acceptors (Lipinski definition) is 18. The van der Waals surface area contributed by atoms with Crippen LogP contribution in [0.5, 0.6) is 0 Å². The van der Waals surface area contributed by atoms with Gasteiger partial charge in [-0.25, -0.2) is 0 Å². The molecule has 360 valence electrons. The summed E-state index contributed by atoms with van der Waals surface area (Å²) in [5.74, 6) is 0.465. The molecule has 0 aromatic rings. The summed E-state index contributed by atoms with van der Waals surface area (Å²) < 4.78 is 49.7. The lowest BCUT2D eigenvalue weighted by atomic mass is 9.47. The fourth-order valence-corrected chi connectivity index (χ4v) is 14.2. The largest absolute Gasteiger partial charge is 0.396 e. The molecule has 0 radical (unpaired) electrons. The van der Waals surface area contributed by atoms with E-state index in [0.717, 1.165) is 32.1 Å². The van der Waals surface area contributed by atoms with Crippen LogP contribution < -0.4 is 0 Å². The lowest BCUT2D eigenvalue weighted by Crippen LogP contribution is -2.66. The second-order valence-electron chi connectivity index (χ2n) is 21.1. The summed E-state index contributed by atoms with van der Waals surface area (Å²) in [5, 5.41) is 107. The van der Waals surface area contributed by atoms with Crippen molar-refractivity contribution >= 4 is 0 Å². The monoisotopic (exact) mass is 900 g/mol. The van der Waals surface area contributed by atoms with Crippen molar-refractivity contribution in [1.82, 2.24) is 0 Å². The molecule has 5 saturated heterocycles. The van der Waals surface area contributed by atoms with Gasteiger partial charge in [0.25, 0.3) is 0 Å². The number of fused-ring (bicyclic) bond motifs is 7. The first-order valence-corrected chi connectivity index (χ1v) is 23.5. The molecule has 0 bridgehead atoms. The van der Waals surface area contributed by atoms with Gasteiger partial charge in [0.2, 0.25) is 0 Å². The van der Waals surface area contributed by atoms with Gasteiger partial charge in [0.05, 0.1) is 37.6 Å². The van der Waals surface area contributed by atoms with Gasteiger partial charge in [-0.1, -0.05) is 32.4 Å². The normalized spacial score (nSPS) is 58.1. The fraction of sp³-hybridized carbons (Fsp3) is 0.956. The SMILES string of the molecule is C[C@@H]1O[C@@H](O[C@H]2[C@H](O[C@H]3CC[C@@]4(C)C(=CC[C@H]5[C@@H]6C[C@@H]7O[C@@]8(OC[C@H](CO)C[C@@H]8O)[C@@H](C)[C@@H]7[C@@]6(C)CC[C@@H]54)C3)O[C@H](CO)[C@@H](O[C@@H]3O[C@@H](C)[C@H](O)[C@@H](O)[C@H]3O)[C@@H]2O)[C@H](O)[C@H](O)[C@H]1O. The molecule has 8 fully saturated rings. The summed E-state index contributed by atoms with van der Waals surface area (Å²) in [4.78, 5) is 0. The third-order valence-corrected chi connectivity index (χ3v) is 17.8. The maximum Gasteiger partial charge on any atom is 0.197 e. The predicted octanol–water partition coefficient (Wildman–Crippen LogP) is -0.815. The second kappa shape index (κ2) is 17.5. The molecular weight excluding hydrogens is 828 g/mol. The zero-order valence-electron chi connectivity index (χ0n) is 37.0. The number of hydrogen-bond donors (Lipinski definition) is 10. The zero-order valence-corrected chi connectivity index (χ0v) is 37.0. The maximum atomic E-state index is 12.0. The second-order valence-corrected chi connectivity index (χ2v) is 21.1. The molecule has 0 amide bonds. The first kappa shape index (κ1) is 47.1. The third-order valence-electron chi connectivity index (χ3n) is 17.8. The molecule has 4 aliphatic carbocycles. The molecule has 10 N–H and O–H groups in total. The molecular formula is C45H72O18. The third kappa shape index (κ3) is 7.62. The minimum atomic E-state index is -1.73. The van der Waals surface area contributed by atoms with Crippen LogP contribution in [0.25, 0.3) is 0 Å². The Labute approximate surface area is 368 Å². The van der Waals surface area contributed by atoms with E-state index in [2.05, 4.69) is 26.8 Å². The van der Waals surface area contributed by atoms with E-state index < -0.39 is 117 Å². The summed E-state index contributed by atoms with van der Waals surface area (Å²) in [5.41, 5.74) is 1.23. The number of rotatable bonds is 8. The van der Waals surface area contributed by atoms with Gasteiger partial charge in [-0.2, -0.15) is 0 Å². The minimum absolute atomic E-state index is 0.00738. The molecule has 0 aromatic carbocycles. The fourth-order valence-electron chi connectivity index (χ4n) is 14.2. The van der Waals surface area contributed by atoms with Crippen molar-refractivity contribution in [2.24, 2.45) is 46.3 Å². The Kier molecular flexibility index (Phi) is 13.1. The Balaban J connectivity index is 0.913. The van der Waals surface area contributed by atoms with Crippen molar-refractivity contribution in [1.29, 1.82) is 0 Å². The Morgan fingerprint density at radius 2 is 1.33 bits per heavy atom. The van der Waals surface area contributed by atoms with Crippen molar-refractivity contribution in [2.75, 3.05) is 19.8 Å². The van der Waals surface area contributed by atoms with E-state index in [1.54, 1.807) is 0 Å². The maximum absolute atomic E-state index is 12.0. The van der Waals surface area contributed by atoms with Crippen LogP contribution >= 0.6 is 0 Å². The van der Waals surface area contributed by atoms with Gasteiger partial charge in [-0.15, -0.1) is 0 Å². The molecule has 9 aliphatic rings. The Hall–Kier alpha value is -0.980. The first-order chi connectivity index (χ1) is 29.9. The molecule has 0 unspecified atom stereocenters. The highest BCUT2D eigenvalue weighted by atomic mass is 16.8. The average Bonchev–Trinajstić information content (AvgIpc) is 3.72. The van der Waals surface area contributed by atoms with E-state index in [9.17, 15) is 51.1 Å². The Morgan fingerprint density at radius 3 is 1.95 bits per heavy atom. The summed E-state index contributed by atoms with van der Waals surface area (Å²) in [6, 6.07) is 0. The van der Waals surface area contributed by atoms with Gasteiger partial charge < -0.3 is 89.0 Å². The highest BCUT2D eigenvalue weighted by Crippen LogP contribution is 2.70. The van der Waals surface area contributed by atoms with E-state index >= 15 is 0 Å². The van der Waals surface area contributed by atoms with Crippen LogP contribution in [0.15, 0.2) is 11.6 Å².